The van der Waals surface area contributed by atoms with Crippen molar-refractivity contribution in [3.63, 3.8) is 0 Å². The summed E-state index contributed by atoms with van der Waals surface area (Å²) >= 11 is 0. The van der Waals surface area contributed by atoms with E-state index in [-0.39, 0.29) is 35.1 Å². The van der Waals surface area contributed by atoms with Crippen molar-refractivity contribution in [2.45, 2.75) is 80.6 Å². The Kier molecular flexibility index (Phi) is 7.92. The number of aryl methyl sites for hydroxylation is 2. The molecule has 2 rings (SSSR count). The Morgan fingerprint density at radius 1 is 1.03 bits per heavy atom. The van der Waals surface area contributed by atoms with Gasteiger partial charge in [0, 0.05) is 17.9 Å². The molecule has 176 valence electrons. The molecule has 32 heavy (non-hydrogen) atoms. The van der Waals surface area contributed by atoms with Gasteiger partial charge >= 0.3 is 0 Å². The molecule has 0 saturated carbocycles. The first-order valence-electron chi connectivity index (χ1n) is 11.4. The number of hydrogen-bond donors (Lipinski definition) is 2. The molecule has 0 aliphatic rings. The van der Waals surface area contributed by atoms with Crippen LogP contribution in [-0.2, 0) is 15.0 Å². The molecule has 1 aromatic heterocycles. The van der Waals surface area contributed by atoms with Crippen LogP contribution in [0.2, 0.25) is 0 Å². The third-order valence-corrected chi connectivity index (χ3v) is 5.27. The van der Waals surface area contributed by atoms with Gasteiger partial charge in [0.2, 0.25) is 11.8 Å². The topological polar surface area (TPSA) is 76.0 Å². The maximum atomic E-state index is 12.6. The lowest BCUT2D eigenvalue weighted by atomic mass is 9.84. The molecule has 1 aromatic carbocycles. The molecule has 1 atom stereocenters. The largest absolute Gasteiger partial charge is 0.347 e. The molecular weight excluding hydrogens is 400 g/mol. The fourth-order valence-electron chi connectivity index (χ4n) is 3.94. The number of rotatable bonds is 7. The molecule has 0 spiro atoms. The van der Waals surface area contributed by atoms with Crippen molar-refractivity contribution in [1.82, 2.24) is 15.1 Å². The minimum atomic E-state index is -0.270. The molecule has 0 aliphatic carbocycles. The number of anilines is 1. The van der Waals surface area contributed by atoms with Gasteiger partial charge in [-0.2, -0.15) is 5.10 Å². The van der Waals surface area contributed by atoms with Crippen LogP contribution in [0, 0.1) is 25.2 Å². The zero-order valence-corrected chi connectivity index (χ0v) is 21.2. The van der Waals surface area contributed by atoms with Crippen LogP contribution in [0.5, 0.6) is 0 Å². The minimum Gasteiger partial charge on any atom is -0.347 e. The summed E-state index contributed by atoms with van der Waals surface area (Å²) in [5.74, 6) is 0.490. The number of amides is 2. The molecule has 2 amide bonds. The van der Waals surface area contributed by atoms with E-state index >= 15 is 0 Å². The number of benzene rings is 1. The van der Waals surface area contributed by atoms with Gasteiger partial charge in [-0.15, -0.1) is 0 Å². The van der Waals surface area contributed by atoms with Crippen LogP contribution in [0.1, 0.15) is 78.1 Å². The zero-order chi connectivity index (χ0) is 24.3. The monoisotopic (exact) mass is 440 g/mol. The van der Waals surface area contributed by atoms with Gasteiger partial charge in [-0.1, -0.05) is 66.2 Å². The normalized spacial score (nSPS) is 13.0. The molecule has 0 saturated heterocycles. The van der Waals surface area contributed by atoms with Crippen LogP contribution in [0.25, 0.3) is 5.69 Å². The van der Waals surface area contributed by atoms with Crippen LogP contribution in [-0.4, -0.2) is 28.1 Å². The molecule has 0 fully saturated rings. The lowest BCUT2D eigenvalue weighted by molar-refractivity contribution is -0.124. The number of nitrogens with one attached hydrogen (secondary N) is 2. The van der Waals surface area contributed by atoms with Crippen LogP contribution < -0.4 is 10.6 Å². The van der Waals surface area contributed by atoms with E-state index in [0.29, 0.717) is 12.2 Å². The van der Waals surface area contributed by atoms with E-state index in [4.69, 9.17) is 5.10 Å². The van der Waals surface area contributed by atoms with Gasteiger partial charge in [0.05, 0.1) is 17.9 Å². The van der Waals surface area contributed by atoms with E-state index in [1.807, 2.05) is 32.0 Å². The summed E-state index contributed by atoms with van der Waals surface area (Å²) < 4.78 is 1.78. The molecule has 1 heterocycles. The van der Waals surface area contributed by atoms with Crippen molar-refractivity contribution in [2.24, 2.45) is 11.3 Å². The van der Waals surface area contributed by atoms with Crippen molar-refractivity contribution >= 4 is 17.6 Å². The van der Waals surface area contributed by atoms with Crippen LogP contribution in [0.3, 0.4) is 0 Å². The summed E-state index contributed by atoms with van der Waals surface area (Å²) in [4.78, 5) is 24.9. The third-order valence-electron chi connectivity index (χ3n) is 5.27. The van der Waals surface area contributed by atoms with Crippen molar-refractivity contribution < 1.29 is 9.59 Å². The Balaban J connectivity index is 2.12. The lowest BCUT2D eigenvalue weighted by Gasteiger charge is -2.22. The molecule has 2 N–H and O–H groups in total. The second kappa shape index (κ2) is 9.88. The molecule has 0 radical (unpaired) electrons. The van der Waals surface area contributed by atoms with E-state index in [0.717, 1.165) is 23.4 Å². The van der Waals surface area contributed by atoms with Gasteiger partial charge < -0.3 is 10.6 Å². The Morgan fingerprint density at radius 2 is 1.69 bits per heavy atom. The summed E-state index contributed by atoms with van der Waals surface area (Å²) in [7, 11) is 0. The first-order chi connectivity index (χ1) is 14.7. The third kappa shape index (κ3) is 7.50. The summed E-state index contributed by atoms with van der Waals surface area (Å²) in [5.41, 5.74) is 4.05. The maximum absolute atomic E-state index is 12.6. The average Bonchev–Trinajstić information content (AvgIpc) is 3.02. The van der Waals surface area contributed by atoms with Crippen molar-refractivity contribution in [1.29, 1.82) is 0 Å². The first kappa shape index (κ1) is 25.6. The first-order valence-corrected chi connectivity index (χ1v) is 11.4. The minimum absolute atomic E-state index is 0.0655. The van der Waals surface area contributed by atoms with Gasteiger partial charge in [-0.3, -0.25) is 9.59 Å². The highest BCUT2D eigenvalue weighted by atomic mass is 16.2. The van der Waals surface area contributed by atoms with Gasteiger partial charge in [-0.05, 0) is 43.2 Å². The Labute approximate surface area is 193 Å². The molecule has 6 nitrogen and oxygen atoms in total. The highest BCUT2D eigenvalue weighted by molar-refractivity contribution is 5.94. The predicted molar refractivity (Wildman–Crippen MR) is 131 cm³/mol. The smallest absolute Gasteiger partial charge is 0.244 e. The fraction of sp³-hybridized carbons (Fsp3) is 0.577. The molecule has 2 aromatic rings. The standard InChI is InChI=1S/C26H40N4O2/c1-17-10-11-20(19(3)12-17)30-22(14-21(29-30)26(7,8)9)28-24(32)16-27-23(31)13-18(2)15-25(4,5)6/h10-12,14,18H,13,15-16H2,1-9H3,(H,27,31)(H,28,32). The van der Waals surface area contributed by atoms with Crippen LogP contribution in [0.15, 0.2) is 24.3 Å². The molecular formula is C26H40N4O2. The Hall–Kier alpha value is -2.63. The fourth-order valence-corrected chi connectivity index (χ4v) is 3.94. The second-order valence-corrected chi connectivity index (χ2v) is 11.3. The highest BCUT2D eigenvalue weighted by Crippen LogP contribution is 2.28. The van der Waals surface area contributed by atoms with Crippen molar-refractivity contribution in [3.8, 4) is 5.69 Å². The molecule has 0 aliphatic heterocycles. The molecule has 6 heteroatoms. The van der Waals surface area contributed by atoms with Crippen LogP contribution >= 0.6 is 0 Å². The molecule has 0 bridgehead atoms. The Morgan fingerprint density at radius 3 is 2.25 bits per heavy atom. The average molecular weight is 441 g/mol. The second-order valence-electron chi connectivity index (χ2n) is 11.3. The Bertz CT molecular complexity index is 961. The van der Waals surface area contributed by atoms with Gasteiger partial charge in [0.15, 0.2) is 0 Å². The summed E-state index contributed by atoms with van der Waals surface area (Å²) in [6.07, 6.45) is 1.37. The number of carbonyl (C=O) groups is 2. The van der Waals surface area contributed by atoms with Crippen LogP contribution in [0.4, 0.5) is 5.82 Å². The SMILES string of the molecule is Cc1ccc(-n2nc(C(C)(C)C)cc2NC(=O)CNC(=O)CC(C)CC(C)(C)C)c(C)c1. The summed E-state index contributed by atoms with van der Waals surface area (Å²) in [5, 5.41) is 10.5. The van der Waals surface area contributed by atoms with Gasteiger partial charge in [0.25, 0.3) is 0 Å². The van der Waals surface area contributed by atoms with Crippen molar-refractivity contribution in [3.05, 3.63) is 41.1 Å². The summed E-state index contributed by atoms with van der Waals surface area (Å²) in [6, 6.07) is 8.05. The quantitative estimate of drug-likeness (QED) is 0.613. The van der Waals surface area contributed by atoms with E-state index in [9.17, 15) is 9.59 Å². The van der Waals surface area contributed by atoms with E-state index < -0.39 is 0 Å². The number of nitrogens with zero attached hydrogens (tertiary/aromatic N) is 2. The van der Waals surface area contributed by atoms with Crippen molar-refractivity contribution in [2.75, 3.05) is 11.9 Å². The maximum Gasteiger partial charge on any atom is 0.244 e. The highest BCUT2D eigenvalue weighted by Gasteiger charge is 2.22. The number of carbonyl (C=O) groups excluding carboxylic acids is 2. The van der Waals surface area contributed by atoms with Gasteiger partial charge in [-0.25, -0.2) is 4.68 Å². The van der Waals surface area contributed by atoms with E-state index in [2.05, 4.69) is 65.2 Å². The molecule has 1 unspecified atom stereocenters. The lowest BCUT2D eigenvalue weighted by Crippen LogP contribution is -2.34. The predicted octanol–water partition coefficient (Wildman–Crippen LogP) is 5.30. The van der Waals surface area contributed by atoms with Gasteiger partial charge in [0.1, 0.15) is 5.82 Å². The zero-order valence-electron chi connectivity index (χ0n) is 21.2. The number of hydrogen-bond acceptors (Lipinski definition) is 3. The summed E-state index contributed by atoms with van der Waals surface area (Å²) in [6.45, 7) is 18.9. The number of aromatic nitrogens is 2. The van der Waals surface area contributed by atoms with E-state index in [1.54, 1.807) is 4.68 Å². The van der Waals surface area contributed by atoms with E-state index in [1.165, 1.54) is 5.56 Å².